The second-order valence-electron chi connectivity index (χ2n) is 4.59. The smallest absolute Gasteiger partial charge is 0.151 e. The number of aryl methyl sites for hydroxylation is 2. The normalized spacial score (nSPS) is 11.1. The highest BCUT2D eigenvalue weighted by molar-refractivity contribution is 9.10. The fourth-order valence-corrected chi connectivity index (χ4v) is 2.71. The van der Waals surface area contributed by atoms with Crippen molar-refractivity contribution in [1.82, 2.24) is 9.38 Å². The molecule has 0 saturated heterocycles. The Morgan fingerprint density at radius 2 is 1.72 bits per heavy atom. The Labute approximate surface area is 114 Å². The standard InChI is InChI=1S/C15H13BrN2/c1-10-3-5-12(6-4-10)14-9-18-8-11(2)7-13(16)15(18)17-14/h3-9H,1-2H3. The molecule has 18 heavy (non-hydrogen) atoms. The number of nitrogens with zero attached hydrogens (tertiary/aromatic N) is 2. The first kappa shape index (κ1) is 11.5. The summed E-state index contributed by atoms with van der Waals surface area (Å²) in [5.74, 6) is 0. The molecule has 0 saturated carbocycles. The van der Waals surface area contributed by atoms with Crippen LogP contribution in [0.1, 0.15) is 11.1 Å². The first-order chi connectivity index (χ1) is 8.63. The second-order valence-corrected chi connectivity index (χ2v) is 5.44. The summed E-state index contributed by atoms with van der Waals surface area (Å²) in [7, 11) is 0. The lowest BCUT2D eigenvalue weighted by Crippen LogP contribution is -1.85. The van der Waals surface area contributed by atoms with Crippen LogP contribution in [0.15, 0.2) is 47.2 Å². The minimum atomic E-state index is 0.955. The van der Waals surface area contributed by atoms with Crippen molar-refractivity contribution in [2.24, 2.45) is 0 Å². The molecule has 0 unspecified atom stereocenters. The quantitative estimate of drug-likeness (QED) is 0.652. The fourth-order valence-electron chi connectivity index (χ4n) is 2.05. The van der Waals surface area contributed by atoms with Crippen molar-refractivity contribution in [1.29, 1.82) is 0 Å². The summed E-state index contributed by atoms with van der Waals surface area (Å²) < 4.78 is 3.09. The van der Waals surface area contributed by atoms with Gasteiger partial charge in [-0.1, -0.05) is 29.8 Å². The molecule has 0 radical (unpaired) electrons. The van der Waals surface area contributed by atoms with Crippen LogP contribution in [-0.2, 0) is 0 Å². The lowest BCUT2D eigenvalue weighted by molar-refractivity contribution is 1.15. The van der Waals surface area contributed by atoms with Gasteiger partial charge in [0.25, 0.3) is 0 Å². The molecular formula is C15H13BrN2. The van der Waals surface area contributed by atoms with E-state index in [2.05, 4.69) is 81.9 Å². The van der Waals surface area contributed by atoms with Gasteiger partial charge in [-0.2, -0.15) is 0 Å². The number of aromatic nitrogens is 2. The van der Waals surface area contributed by atoms with Gasteiger partial charge in [0.1, 0.15) is 0 Å². The van der Waals surface area contributed by atoms with Crippen LogP contribution in [0, 0.1) is 13.8 Å². The van der Waals surface area contributed by atoms with Gasteiger partial charge in [-0.05, 0) is 41.4 Å². The zero-order valence-corrected chi connectivity index (χ0v) is 11.9. The van der Waals surface area contributed by atoms with Crippen molar-refractivity contribution < 1.29 is 0 Å². The predicted molar refractivity (Wildman–Crippen MR) is 77.8 cm³/mol. The Kier molecular flexibility index (Phi) is 2.71. The SMILES string of the molecule is Cc1ccc(-c2cn3cc(C)cc(Br)c3n2)cc1. The van der Waals surface area contributed by atoms with Gasteiger partial charge in [-0.15, -0.1) is 0 Å². The summed E-state index contributed by atoms with van der Waals surface area (Å²) in [6.45, 7) is 4.17. The Bertz CT molecular complexity index is 711. The maximum atomic E-state index is 4.67. The van der Waals surface area contributed by atoms with Gasteiger partial charge in [0.05, 0.1) is 10.2 Å². The number of pyridine rings is 1. The van der Waals surface area contributed by atoms with Gasteiger partial charge < -0.3 is 4.40 Å². The highest BCUT2D eigenvalue weighted by atomic mass is 79.9. The van der Waals surface area contributed by atoms with Gasteiger partial charge in [-0.25, -0.2) is 4.98 Å². The van der Waals surface area contributed by atoms with Crippen molar-refractivity contribution in [2.75, 3.05) is 0 Å². The molecule has 0 N–H and O–H groups in total. The van der Waals surface area contributed by atoms with Crippen LogP contribution in [0.25, 0.3) is 16.9 Å². The first-order valence-corrected chi connectivity index (χ1v) is 6.65. The summed E-state index contributed by atoms with van der Waals surface area (Å²) in [6.07, 6.45) is 4.16. The number of benzene rings is 1. The van der Waals surface area contributed by atoms with E-state index in [-0.39, 0.29) is 0 Å². The number of imidazole rings is 1. The molecule has 3 heteroatoms. The third kappa shape index (κ3) is 1.95. The molecule has 0 aliphatic carbocycles. The van der Waals surface area contributed by atoms with Crippen molar-refractivity contribution >= 4 is 21.6 Å². The number of halogens is 1. The third-order valence-corrected chi connectivity index (χ3v) is 3.57. The molecule has 0 aliphatic rings. The summed E-state index contributed by atoms with van der Waals surface area (Å²) in [5.41, 5.74) is 5.58. The minimum Gasteiger partial charge on any atom is -0.305 e. The van der Waals surface area contributed by atoms with E-state index < -0.39 is 0 Å². The predicted octanol–water partition coefficient (Wildman–Crippen LogP) is 4.38. The molecule has 90 valence electrons. The summed E-state index contributed by atoms with van der Waals surface area (Å²) in [6, 6.07) is 10.5. The molecule has 0 fully saturated rings. The largest absolute Gasteiger partial charge is 0.305 e. The minimum absolute atomic E-state index is 0.955. The van der Waals surface area contributed by atoms with Crippen LogP contribution < -0.4 is 0 Å². The fraction of sp³-hybridized carbons (Fsp3) is 0.133. The maximum Gasteiger partial charge on any atom is 0.151 e. The Morgan fingerprint density at radius 1 is 1.00 bits per heavy atom. The van der Waals surface area contributed by atoms with E-state index in [1.807, 2.05) is 0 Å². The molecular weight excluding hydrogens is 288 g/mol. The van der Waals surface area contributed by atoms with E-state index in [4.69, 9.17) is 0 Å². The van der Waals surface area contributed by atoms with Gasteiger partial charge in [0, 0.05) is 18.0 Å². The van der Waals surface area contributed by atoms with Gasteiger partial charge in [0.15, 0.2) is 5.65 Å². The van der Waals surface area contributed by atoms with E-state index in [1.54, 1.807) is 0 Å². The summed E-state index contributed by atoms with van der Waals surface area (Å²) >= 11 is 3.56. The van der Waals surface area contributed by atoms with Gasteiger partial charge in [-0.3, -0.25) is 0 Å². The number of hydrogen-bond donors (Lipinski definition) is 0. The number of fused-ring (bicyclic) bond motifs is 1. The average Bonchev–Trinajstić information content (AvgIpc) is 2.74. The molecule has 3 aromatic rings. The van der Waals surface area contributed by atoms with Crippen molar-refractivity contribution in [3.63, 3.8) is 0 Å². The zero-order valence-electron chi connectivity index (χ0n) is 10.3. The monoisotopic (exact) mass is 300 g/mol. The van der Waals surface area contributed by atoms with E-state index in [1.165, 1.54) is 11.1 Å². The van der Waals surface area contributed by atoms with Crippen molar-refractivity contribution in [3.8, 4) is 11.3 Å². The molecule has 0 atom stereocenters. The second kappa shape index (κ2) is 4.25. The van der Waals surface area contributed by atoms with Crippen LogP contribution in [0.2, 0.25) is 0 Å². The highest BCUT2D eigenvalue weighted by Crippen LogP contribution is 2.24. The molecule has 0 spiro atoms. The van der Waals surface area contributed by atoms with Crippen LogP contribution >= 0.6 is 15.9 Å². The molecule has 0 amide bonds. The van der Waals surface area contributed by atoms with Crippen molar-refractivity contribution in [2.45, 2.75) is 13.8 Å². The van der Waals surface area contributed by atoms with Crippen LogP contribution in [0.5, 0.6) is 0 Å². The zero-order chi connectivity index (χ0) is 12.7. The Balaban J connectivity index is 2.19. The van der Waals surface area contributed by atoms with E-state index in [9.17, 15) is 0 Å². The Hall–Kier alpha value is -1.61. The molecule has 0 aliphatic heterocycles. The van der Waals surface area contributed by atoms with Crippen LogP contribution in [0.3, 0.4) is 0 Å². The molecule has 1 aromatic carbocycles. The molecule has 3 rings (SSSR count). The molecule has 2 nitrogen and oxygen atoms in total. The molecule has 2 aromatic heterocycles. The maximum absolute atomic E-state index is 4.67. The van der Waals surface area contributed by atoms with E-state index in [0.29, 0.717) is 0 Å². The van der Waals surface area contributed by atoms with Crippen LogP contribution in [-0.4, -0.2) is 9.38 Å². The van der Waals surface area contributed by atoms with Gasteiger partial charge in [0.2, 0.25) is 0 Å². The van der Waals surface area contributed by atoms with Crippen LogP contribution in [0.4, 0.5) is 0 Å². The average molecular weight is 301 g/mol. The number of hydrogen-bond acceptors (Lipinski definition) is 1. The molecule has 2 heterocycles. The van der Waals surface area contributed by atoms with E-state index >= 15 is 0 Å². The van der Waals surface area contributed by atoms with Crippen molar-refractivity contribution in [3.05, 3.63) is 58.3 Å². The lowest BCUT2D eigenvalue weighted by atomic mass is 10.1. The van der Waals surface area contributed by atoms with Gasteiger partial charge >= 0.3 is 0 Å². The van der Waals surface area contributed by atoms with E-state index in [0.717, 1.165) is 21.4 Å². The highest BCUT2D eigenvalue weighted by Gasteiger charge is 2.07. The Morgan fingerprint density at radius 3 is 2.44 bits per heavy atom. The summed E-state index contributed by atoms with van der Waals surface area (Å²) in [5, 5.41) is 0. The molecule has 0 bridgehead atoms. The topological polar surface area (TPSA) is 17.3 Å². The lowest BCUT2D eigenvalue weighted by Gasteiger charge is -1.97. The summed E-state index contributed by atoms with van der Waals surface area (Å²) in [4.78, 5) is 4.67. The number of rotatable bonds is 1. The first-order valence-electron chi connectivity index (χ1n) is 5.85. The third-order valence-electron chi connectivity index (χ3n) is 2.99.